The van der Waals surface area contributed by atoms with E-state index in [1.807, 2.05) is 12.1 Å². The van der Waals surface area contributed by atoms with Gasteiger partial charge in [0.25, 0.3) is 5.91 Å². The summed E-state index contributed by atoms with van der Waals surface area (Å²) in [4.78, 5) is 24.3. The van der Waals surface area contributed by atoms with Gasteiger partial charge in [-0.15, -0.1) is 0 Å². The lowest BCUT2D eigenvalue weighted by Crippen LogP contribution is -2.48. The minimum atomic E-state index is -0.448. The van der Waals surface area contributed by atoms with Crippen LogP contribution in [0.3, 0.4) is 0 Å². The molecule has 0 unspecified atom stereocenters. The summed E-state index contributed by atoms with van der Waals surface area (Å²) >= 11 is 5.04. The van der Waals surface area contributed by atoms with E-state index in [1.54, 1.807) is 43.5 Å². The number of methoxy groups -OCH3 is 2. The minimum Gasteiger partial charge on any atom is -0.493 e. The molecule has 0 aliphatic heterocycles. The first kappa shape index (κ1) is 23.9. The average molecular weight is 442 g/mol. The lowest BCUT2D eigenvalue weighted by molar-refractivity contribution is -0.115. The molecular weight excluding hydrogens is 414 g/mol. The molecule has 2 rings (SSSR count). The first-order valence-corrected chi connectivity index (χ1v) is 9.97. The molecule has 0 radical (unpaired) electrons. The number of hydrogen-bond donors (Lipinski definition) is 3. The molecule has 0 aliphatic carbocycles. The van der Waals surface area contributed by atoms with Gasteiger partial charge in [0.1, 0.15) is 0 Å². The van der Waals surface area contributed by atoms with Crippen LogP contribution in [0.25, 0.3) is 6.08 Å². The molecule has 3 N–H and O–H groups in total. The summed E-state index contributed by atoms with van der Waals surface area (Å²) in [7, 11) is 3.09. The maximum Gasteiger partial charge on any atom is 0.269 e. The maximum atomic E-state index is 12.2. The van der Waals surface area contributed by atoms with Crippen molar-refractivity contribution < 1.29 is 19.1 Å². The molecule has 8 heteroatoms. The van der Waals surface area contributed by atoms with E-state index in [1.165, 1.54) is 13.2 Å². The molecule has 2 aromatic carbocycles. The van der Waals surface area contributed by atoms with Crippen molar-refractivity contribution in [2.75, 3.05) is 14.2 Å². The van der Waals surface area contributed by atoms with Gasteiger partial charge < -0.3 is 9.47 Å². The molecule has 0 aliphatic rings. The van der Waals surface area contributed by atoms with Gasteiger partial charge in [-0.2, -0.15) is 0 Å². The van der Waals surface area contributed by atoms with Gasteiger partial charge in [0.2, 0.25) is 5.91 Å². The van der Waals surface area contributed by atoms with E-state index in [0.29, 0.717) is 17.1 Å². The van der Waals surface area contributed by atoms with Crippen LogP contribution in [0.5, 0.6) is 11.5 Å². The second kappa shape index (κ2) is 10.6. The predicted octanol–water partition coefficient (Wildman–Crippen LogP) is 3.35. The third kappa shape index (κ3) is 7.11. The summed E-state index contributed by atoms with van der Waals surface area (Å²) in [5, 5.41) is 2.43. The lowest BCUT2D eigenvalue weighted by atomic mass is 9.87. The number of carbonyl (C=O) groups excluding carboxylic acids is 2. The van der Waals surface area contributed by atoms with Crippen LogP contribution in [0.15, 0.2) is 48.5 Å². The Morgan fingerprint density at radius 2 is 1.58 bits per heavy atom. The van der Waals surface area contributed by atoms with Crippen LogP contribution in [0, 0.1) is 0 Å². The van der Waals surface area contributed by atoms with Crippen molar-refractivity contribution in [1.82, 2.24) is 16.2 Å². The molecule has 0 spiro atoms. The van der Waals surface area contributed by atoms with Crippen molar-refractivity contribution in [3.05, 3.63) is 65.2 Å². The van der Waals surface area contributed by atoms with E-state index in [2.05, 4.69) is 36.9 Å². The van der Waals surface area contributed by atoms with Crippen LogP contribution in [0.2, 0.25) is 0 Å². The van der Waals surface area contributed by atoms with E-state index >= 15 is 0 Å². The second-order valence-corrected chi connectivity index (χ2v) is 8.08. The summed E-state index contributed by atoms with van der Waals surface area (Å²) in [6.07, 6.45) is 2.93. The van der Waals surface area contributed by atoms with Crippen molar-refractivity contribution in [2.45, 2.75) is 26.2 Å². The zero-order chi connectivity index (χ0) is 23.0. The van der Waals surface area contributed by atoms with E-state index in [4.69, 9.17) is 21.7 Å². The zero-order valence-electron chi connectivity index (χ0n) is 18.2. The molecule has 0 bridgehead atoms. The highest BCUT2D eigenvalue weighted by molar-refractivity contribution is 7.80. The van der Waals surface area contributed by atoms with E-state index < -0.39 is 5.91 Å². The Kier molecular flexibility index (Phi) is 8.15. The molecule has 2 aromatic rings. The number of rotatable bonds is 5. The largest absolute Gasteiger partial charge is 0.493 e. The van der Waals surface area contributed by atoms with E-state index in [-0.39, 0.29) is 16.4 Å². The van der Waals surface area contributed by atoms with Gasteiger partial charge in [-0.25, -0.2) is 0 Å². The fourth-order valence-corrected chi connectivity index (χ4v) is 2.77. The SMILES string of the molecule is COc1ccc(/C=C/C(=O)NC(=S)NNC(=O)c2ccc(C(C)(C)C)cc2)cc1OC. The number of benzene rings is 2. The van der Waals surface area contributed by atoms with Crippen LogP contribution in [-0.4, -0.2) is 31.1 Å². The molecule has 0 saturated carbocycles. The highest BCUT2D eigenvalue weighted by Gasteiger charge is 2.14. The van der Waals surface area contributed by atoms with Crippen molar-refractivity contribution in [1.29, 1.82) is 0 Å². The smallest absolute Gasteiger partial charge is 0.269 e. The van der Waals surface area contributed by atoms with Gasteiger partial charge in [0.05, 0.1) is 14.2 Å². The number of amides is 2. The first-order chi connectivity index (χ1) is 14.6. The Morgan fingerprint density at radius 3 is 2.16 bits per heavy atom. The standard InChI is InChI=1S/C23H27N3O4S/c1-23(2,3)17-10-8-16(9-11-17)21(28)25-26-22(31)24-20(27)13-7-15-6-12-18(29-4)19(14-15)30-5/h6-14H,1-5H3,(H,25,28)(H2,24,26,27,31)/b13-7+. The quantitative estimate of drug-likeness (QED) is 0.375. The van der Waals surface area contributed by atoms with Gasteiger partial charge in [-0.05, 0) is 59.1 Å². The Bertz CT molecular complexity index is 979. The Labute approximate surface area is 187 Å². The first-order valence-electron chi connectivity index (χ1n) is 9.56. The van der Waals surface area contributed by atoms with Crippen LogP contribution in [0.1, 0.15) is 42.3 Å². The van der Waals surface area contributed by atoms with Crippen LogP contribution >= 0.6 is 12.2 Å². The van der Waals surface area contributed by atoms with Crippen molar-refractivity contribution in [2.24, 2.45) is 0 Å². The molecule has 0 fully saturated rings. The molecule has 2 amide bonds. The monoisotopic (exact) mass is 441 g/mol. The molecule has 7 nitrogen and oxygen atoms in total. The van der Waals surface area contributed by atoms with Crippen LogP contribution in [0.4, 0.5) is 0 Å². The number of carbonyl (C=O) groups is 2. The summed E-state index contributed by atoms with van der Waals surface area (Å²) in [6, 6.07) is 12.6. The fourth-order valence-electron chi connectivity index (χ4n) is 2.62. The molecule has 0 heterocycles. The van der Waals surface area contributed by atoms with E-state index in [0.717, 1.165) is 11.1 Å². The molecule has 164 valence electrons. The summed E-state index contributed by atoms with van der Waals surface area (Å²) in [6.45, 7) is 6.30. The fraction of sp³-hybridized carbons (Fsp3) is 0.261. The minimum absolute atomic E-state index is 0.00354. The number of hydrazine groups is 1. The van der Waals surface area contributed by atoms with Crippen LogP contribution < -0.4 is 25.6 Å². The van der Waals surface area contributed by atoms with Crippen molar-refractivity contribution in [3.63, 3.8) is 0 Å². The topological polar surface area (TPSA) is 88.7 Å². The van der Waals surface area contributed by atoms with Crippen LogP contribution in [-0.2, 0) is 10.2 Å². The molecule has 31 heavy (non-hydrogen) atoms. The summed E-state index contributed by atoms with van der Waals surface area (Å²) in [5.41, 5.74) is 7.34. The van der Waals surface area contributed by atoms with Crippen molar-refractivity contribution in [3.8, 4) is 11.5 Å². The summed E-state index contributed by atoms with van der Waals surface area (Å²) < 4.78 is 10.4. The second-order valence-electron chi connectivity index (χ2n) is 7.67. The Morgan fingerprint density at radius 1 is 0.935 bits per heavy atom. The van der Waals surface area contributed by atoms with Gasteiger partial charge in [0, 0.05) is 11.6 Å². The number of ether oxygens (including phenoxy) is 2. The third-order valence-electron chi connectivity index (χ3n) is 4.37. The summed E-state index contributed by atoms with van der Waals surface area (Å²) in [5.74, 6) is 0.341. The Balaban J connectivity index is 1.86. The number of thiocarbonyl (C=S) groups is 1. The van der Waals surface area contributed by atoms with E-state index in [9.17, 15) is 9.59 Å². The van der Waals surface area contributed by atoms with Gasteiger partial charge >= 0.3 is 0 Å². The Hall–Kier alpha value is -3.39. The predicted molar refractivity (Wildman–Crippen MR) is 125 cm³/mol. The maximum absolute atomic E-state index is 12.2. The number of hydrogen-bond acceptors (Lipinski definition) is 5. The molecule has 0 aromatic heterocycles. The number of nitrogens with one attached hydrogen (secondary N) is 3. The van der Waals surface area contributed by atoms with Gasteiger partial charge in [-0.3, -0.25) is 25.8 Å². The molecule has 0 saturated heterocycles. The third-order valence-corrected chi connectivity index (χ3v) is 4.58. The highest BCUT2D eigenvalue weighted by atomic mass is 32.1. The normalized spacial score (nSPS) is 11.0. The molecular formula is C23H27N3O4S. The lowest BCUT2D eigenvalue weighted by Gasteiger charge is -2.19. The van der Waals surface area contributed by atoms with Gasteiger partial charge in [0.15, 0.2) is 16.6 Å². The zero-order valence-corrected chi connectivity index (χ0v) is 19.1. The van der Waals surface area contributed by atoms with Crippen molar-refractivity contribution >= 4 is 35.2 Å². The molecule has 0 atom stereocenters. The average Bonchev–Trinajstić information content (AvgIpc) is 2.75. The van der Waals surface area contributed by atoms with Gasteiger partial charge in [-0.1, -0.05) is 39.0 Å². The highest BCUT2D eigenvalue weighted by Crippen LogP contribution is 2.28.